The van der Waals surface area contributed by atoms with Gasteiger partial charge in [-0.2, -0.15) is 13.2 Å². The Kier molecular flexibility index (Phi) is 3.75. The van der Waals surface area contributed by atoms with Crippen molar-refractivity contribution in [2.45, 2.75) is 13.1 Å². The van der Waals surface area contributed by atoms with Crippen molar-refractivity contribution in [1.82, 2.24) is 0 Å². The van der Waals surface area contributed by atoms with Gasteiger partial charge in [0, 0.05) is 11.1 Å². The molecule has 1 N–H and O–H groups in total. The van der Waals surface area contributed by atoms with Crippen LogP contribution < -0.4 is 0 Å². The largest absolute Gasteiger partial charge is 0.506 e. The van der Waals surface area contributed by atoms with Crippen molar-refractivity contribution < 1.29 is 23.1 Å². The van der Waals surface area contributed by atoms with Crippen molar-refractivity contribution in [3.8, 4) is 0 Å². The van der Waals surface area contributed by atoms with Gasteiger partial charge < -0.3 is 5.11 Å². The number of alkyl halides is 3. The van der Waals surface area contributed by atoms with E-state index in [1.807, 2.05) is 0 Å². The minimum atomic E-state index is -4.42. The zero-order chi connectivity index (χ0) is 17.5. The van der Waals surface area contributed by atoms with Crippen LogP contribution in [0.15, 0.2) is 59.1 Å². The fourth-order valence-electron chi connectivity index (χ4n) is 2.57. The Morgan fingerprint density at radius 2 is 1.58 bits per heavy atom. The number of nitrogens with zero attached hydrogens (tertiary/aromatic N) is 1. The van der Waals surface area contributed by atoms with Crippen LogP contribution in [0.4, 0.5) is 18.9 Å². The van der Waals surface area contributed by atoms with Gasteiger partial charge in [0.2, 0.25) is 0 Å². The number of halogens is 3. The van der Waals surface area contributed by atoms with Crippen LogP contribution in [-0.4, -0.2) is 16.6 Å². The minimum Gasteiger partial charge on any atom is -0.506 e. The maximum absolute atomic E-state index is 12.6. The number of ketones is 1. The number of carbonyl (C=O) groups is 1. The molecular formula is C18H12F3NO2. The molecule has 6 heteroatoms. The molecule has 0 aliphatic heterocycles. The summed E-state index contributed by atoms with van der Waals surface area (Å²) in [6.07, 6.45) is -4.42. The number of hydrogen-bond acceptors (Lipinski definition) is 3. The number of aliphatic hydroxyl groups is 1. The number of rotatable bonds is 2. The third kappa shape index (κ3) is 2.71. The monoisotopic (exact) mass is 331 g/mol. The van der Waals surface area contributed by atoms with Crippen molar-refractivity contribution in [2.24, 2.45) is 4.99 Å². The van der Waals surface area contributed by atoms with Gasteiger partial charge in [-0.3, -0.25) is 9.79 Å². The lowest BCUT2D eigenvalue weighted by Gasteiger charge is -2.06. The molecule has 2 aromatic rings. The second-order valence-electron chi connectivity index (χ2n) is 5.34. The molecule has 0 bridgehead atoms. The Bertz CT molecular complexity index is 878. The number of fused-ring (bicyclic) bond motifs is 1. The number of Topliss-reactive ketones (excluding diaryl/α,β-unsaturated/α-hetero) is 1. The van der Waals surface area contributed by atoms with Gasteiger partial charge in [-0.25, -0.2) is 0 Å². The normalized spacial score (nSPS) is 15.0. The summed E-state index contributed by atoms with van der Waals surface area (Å²) in [6.45, 7) is 1.53. The first kappa shape index (κ1) is 16.0. The van der Waals surface area contributed by atoms with E-state index in [-0.39, 0.29) is 28.5 Å². The maximum Gasteiger partial charge on any atom is 0.416 e. The van der Waals surface area contributed by atoms with E-state index in [4.69, 9.17) is 0 Å². The lowest BCUT2D eigenvalue weighted by atomic mass is 10.1. The molecule has 0 aromatic heterocycles. The molecule has 0 atom stereocenters. The van der Waals surface area contributed by atoms with Crippen LogP contribution >= 0.6 is 0 Å². The summed E-state index contributed by atoms with van der Waals surface area (Å²) < 4.78 is 37.7. The van der Waals surface area contributed by atoms with Gasteiger partial charge in [0.1, 0.15) is 5.76 Å². The minimum absolute atomic E-state index is 0.0658. The molecule has 2 aromatic carbocycles. The van der Waals surface area contributed by atoms with Gasteiger partial charge in [0.25, 0.3) is 0 Å². The summed E-state index contributed by atoms with van der Waals surface area (Å²) >= 11 is 0. The van der Waals surface area contributed by atoms with Crippen molar-refractivity contribution in [2.75, 3.05) is 0 Å². The zero-order valence-corrected chi connectivity index (χ0v) is 12.6. The molecule has 3 nitrogen and oxygen atoms in total. The molecule has 0 radical (unpaired) electrons. The summed E-state index contributed by atoms with van der Waals surface area (Å²) in [5.41, 5.74) is 0.617. The van der Waals surface area contributed by atoms with E-state index >= 15 is 0 Å². The van der Waals surface area contributed by atoms with E-state index in [1.165, 1.54) is 19.1 Å². The third-order valence-electron chi connectivity index (χ3n) is 3.74. The fraction of sp³-hybridized carbons (Fsp3) is 0.111. The molecule has 0 fully saturated rings. The Morgan fingerprint density at radius 1 is 1.00 bits per heavy atom. The molecule has 0 spiro atoms. The van der Waals surface area contributed by atoms with Gasteiger partial charge in [-0.15, -0.1) is 0 Å². The first-order chi connectivity index (χ1) is 11.3. The highest BCUT2D eigenvalue weighted by Crippen LogP contribution is 2.33. The molecule has 24 heavy (non-hydrogen) atoms. The van der Waals surface area contributed by atoms with E-state index in [9.17, 15) is 23.1 Å². The number of aliphatic hydroxyl groups excluding tert-OH is 1. The topological polar surface area (TPSA) is 49.7 Å². The van der Waals surface area contributed by atoms with Crippen LogP contribution in [0.5, 0.6) is 0 Å². The predicted octanol–water partition coefficient (Wildman–Crippen LogP) is 4.96. The van der Waals surface area contributed by atoms with Crippen molar-refractivity contribution >= 4 is 22.9 Å². The summed E-state index contributed by atoms with van der Waals surface area (Å²) in [6, 6.07) is 10.9. The SMILES string of the molecule is CC(=Nc1ccc(C(F)(F)F)cc1)C1=C(O)c2ccccc2C1=O. The van der Waals surface area contributed by atoms with E-state index < -0.39 is 11.7 Å². The van der Waals surface area contributed by atoms with E-state index in [2.05, 4.69) is 4.99 Å². The van der Waals surface area contributed by atoms with Crippen LogP contribution in [0.1, 0.15) is 28.4 Å². The van der Waals surface area contributed by atoms with E-state index in [0.29, 0.717) is 11.1 Å². The van der Waals surface area contributed by atoms with Crippen molar-refractivity contribution in [3.63, 3.8) is 0 Å². The lowest BCUT2D eigenvalue weighted by Crippen LogP contribution is -2.07. The van der Waals surface area contributed by atoms with Crippen LogP contribution in [0.3, 0.4) is 0 Å². The highest BCUT2D eigenvalue weighted by Gasteiger charge is 2.31. The fourth-order valence-corrected chi connectivity index (χ4v) is 2.57. The van der Waals surface area contributed by atoms with Crippen LogP contribution in [0.2, 0.25) is 0 Å². The van der Waals surface area contributed by atoms with Crippen molar-refractivity contribution in [3.05, 3.63) is 70.8 Å². The molecule has 1 aliphatic carbocycles. The predicted molar refractivity (Wildman–Crippen MR) is 84.5 cm³/mol. The lowest BCUT2D eigenvalue weighted by molar-refractivity contribution is -0.137. The molecule has 0 saturated carbocycles. The molecule has 0 saturated heterocycles. The quantitative estimate of drug-likeness (QED) is 0.791. The first-order valence-corrected chi connectivity index (χ1v) is 7.09. The average Bonchev–Trinajstić information content (AvgIpc) is 2.79. The molecule has 0 amide bonds. The van der Waals surface area contributed by atoms with Crippen LogP contribution in [0, 0.1) is 0 Å². The summed E-state index contributed by atoms with van der Waals surface area (Å²) in [4.78, 5) is 16.5. The number of allylic oxidation sites excluding steroid dienone is 1. The summed E-state index contributed by atoms with van der Waals surface area (Å²) in [7, 11) is 0. The number of carbonyl (C=O) groups excluding carboxylic acids is 1. The highest BCUT2D eigenvalue weighted by atomic mass is 19.4. The third-order valence-corrected chi connectivity index (χ3v) is 3.74. The van der Waals surface area contributed by atoms with Gasteiger partial charge >= 0.3 is 6.18 Å². The van der Waals surface area contributed by atoms with Crippen molar-refractivity contribution in [1.29, 1.82) is 0 Å². The Labute approximate surface area is 135 Å². The van der Waals surface area contributed by atoms with E-state index in [0.717, 1.165) is 12.1 Å². The van der Waals surface area contributed by atoms with E-state index in [1.54, 1.807) is 24.3 Å². The second kappa shape index (κ2) is 5.63. The smallest absolute Gasteiger partial charge is 0.416 e. The van der Waals surface area contributed by atoms with Crippen LogP contribution in [0.25, 0.3) is 5.76 Å². The highest BCUT2D eigenvalue weighted by molar-refractivity contribution is 6.35. The molecule has 0 unspecified atom stereocenters. The molecule has 1 aliphatic rings. The molecule has 3 rings (SSSR count). The summed E-state index contributed by atoms with van der Waals surface area (Å²) in [5.74, 6) is -0.514. The van der Waals surface area contributed by atoms with Gasteiger partial charge in [0.05, 0.1) is 22.5 Å². The van der Waals surface area contributed by atoms with Crippen LogP contribution in [-0.2, 0) is 6.18 Å². The Hall–Kier alpha value is -2.89. The second-order valence-corrected chi connectivity index (χ2v) is 5.34. The van der Waals surface area contributed by atoms with Gasteiger partial charge in [0.15, 0.2) is 5.78 Å². The van der Waals surface area contributed by atoms with Gasteiger partial charge in [-0.05, 0) is 31.2 Å². The maximum atomic E-state index is 12.6. The number of aliphatic imine (C=N–C) groups is 1. The molecular weight excluding hydrogens is 319 g/mol. The Morgan fingerprint density at radius 3 is 2.12 bits per heavy atom. The molecule has 122 valence electrons. The number of benzene rings is 2. The standard InChI is InChI=1S/C18H12F3NO2/c1-10(22-12-8-6-11(7-9-12)18(19,20)21)15-16(23)13-4-2-3-5-14(13)17(15)24/h2-9,23H,1H3. The Balaban J connectivity index is 1.95. The molecule has 0 heterocycles. The zero-order valence-electron chi connectivity index (χ0n) is 12.6. The average molecular weight is 331 g/mol. The summed E-state index contributed by atoms with van der Waals surface area (Å²) in [5, 5.41) is 10.2. The number of hydrogen-bond donors (Lipinski definition) is 1. The van der Waals surface area contributed by atoms with Gasteiger partial charge in [-0.1, -0.05) is 24.3 Å². The first-order valence-electron chi connectivity index (χ1n) is 7.09.